The summed E-state index contributed by atoms with van der Waals surface area (Å²) in [5.74, 6) is 0.903. The van der Waals surface area contributed by atoms with E-state index >= 15 is 0 Å². The van der Waals surface area contributed by atoms with Gasteiger partial charge in [-0.1, -0.05) is 63.7 Å². The summed E-state index contributed by atoms with van der Waals surface area (Å²) >= 11 is 0. The third-order valence-electron chi connectivity index (χ3n) is 4.15. The number of rotatable bonds is 8. The third kappa shape index (κ3) is 9.27. The molecule has 1 unspecified atom stereocenters. The van der Waals surface area contributed by atoms with Gasteiger partial charge in [0.25, 0.3) is 0 Å². The van der Waals surface area contributed by atoms with E-state index in [1.165, 1.54) is 37.7 Å². The third-order valence-corrected chi connectivity index (χ3v) is 4.15. The molecule has 0 saturated carbocycles. The van der Waals surface area contributed by atoms with E-state index in [-0.39, 0.29) is 12.6 Å². The number of unbranched alkanes of at least 4 members (excludes halogenated alkanes) is 5. The Balaban J connectivity index is 2.44. The van der Waals surface area contributed by atoms with E-state index in [1.807, 2.05) is 25.2 Å². The Morgan fingerprint density at radius 1 is 1.17 bits per heavy atom. The normalized spacial score (nSPS) is 23.1. The van der Waals surface area contributed by atoms with Gasteiger partial charge in [0, 0.05) is 0 Å². The Morgan fingerprint density at radius 3 is 2.70 bits per heavy atom. The second-order valence-corrected chi connectivity index (χ2v) is 6.21. The zero-order valence-corrected chi connectivity index (χ0v) is 15.0. The van der Waals surface area contributed by atoms with Gasteiger partial charge in [-0.25, -0.2) is 0 Å². The summed E-state index contributed by atoms with van der Waals surface area (Å²) in [4.78, 5) is 11.6. The maximum absolute atomic E-state index is 11.6. The average Bonchev–Trinajstić information content (AvgIpc) is 2.57. The molecular weight excluding hydrogens is 288 g/mol. The molecule has 1 aliphatic heterocycles. The van der Waals surface area contributed by atoms with Crippen LogP contribution in [0.5, 0.6) is 0 Å². The Kier molecular flexibility index (Phi) is 10.2. The molecule has 3 nitrogen and oxygen atoms in total. The highest BCUT2D eigenvalue weighted by atomic mass is 16.5. The first-order valence-electron chi connectivity index (χ1n) is 8.97. The van der Waals surface area contributed by atoms with Gasteiger partial charge in [0.15, 0.2) is 0 Å². The molecule has 0 bridgehead atoms. The van der Waals surface area contributed by atoms with Crippen LogP contribution in [0.2, 0.25) is 0 Å². The highest BCUT2D eigenvalue weighted by Gasteiger charge is 2.06. The minimum absolute atomic E-state index is 0.190. The molecule has 0 aromatic carbocycles. The SMILES string of the molecule is CCCCCCCCOC1=C/COC(=O)CC=C(C)C(C)/C=C\1. The van der Waals surface area contributed by atoms with Crippen LogP contribution in [0.1, 0.15) is 65.7 Å². The predicted molar refractivity (Wildman–Crippen MR) is 95.0 cm³/mol. The number of hydrogen-bond donors (Lipinski definition) is 0. The molecule has 1 atom stereocenters. The van der Waals surface area contributed by atoms with Gasteiger partial charge in [0.1, 0.15) is 12.4 Å². The Morgan fingerprint density at radius 2 is 1.91 bits per heavy atom. The number of carbonyl (C=O) groups excluding carboxylic acids is 1. The van der Waals surface area contributed by atoms with Crippen LogP contribution in [0, 0.1) is 5.92 Å². The van der Waals surface area contributed by atoms with E-state index in [0.29, 0.717) is 12.3 Å². The summed E-state index contributed by atoms with van der Waals surface area (Å²) in [5, 5.41) is 0. The molecule has 0 spiro atoms. The van der Waals surface area contributed by atoms with E-state index in [1.54, 1.807) is 0 Å². The van der Waals surface area contributed by atoms with Gasteiger partial charge in [0.2, 0.25) is 0 Å². The molecule has 130 valence electrons. The molecule has 1 heterocycles. The highest BCUT2D eigenvalue weighted by Crippen LogP contribution is 2.15. The van der Waals surface area contributed by atoms with Crippen molar-refractivity contribution in [2.45, 2.75) is 65.7 Å². The zero-order valence-electron chi connectivity index (χ0n) is 15.0. The summed E-state index contributed by atoms with van der Waals surface area (Å²) in [7, 11) is 0. The smallest absolute Gasteiger partial charge is 0.309 e. The lowest BCUT2D eigenvalue weighted by molar-refractivity contribution is -0.141. The molecule has 0 aliphatic carbocycles. The van der Waals surface area contributed by atoms with Crippen molar-refractivity contribution < 1.29 is 14.3 Å². The van der Waals surface area contributed by atoms with Crippen molar-refractivity contribution in [1.29, 1.82) is 0 Å². The maximum Gasteiger partial charge on any atom is 0.309 e. The highest BCUT2D eigenvalue weighted by molar-refractivity contribution is 5.71. The minimum atomic E-state index is -0.190. The fourth-order valence-electron chi connectivity index (χ4n) is 2.34. The summed E-state index contributed by atoms with van der Waals surface area (Å²) in [6.45, 7) is 7.39. The van der Waals surface area contributed by atoms with E-state index in [4.69, 9.17) is 9.47 Å². The molecule has 0 fully saturated rings. The van der Waals surface area contributed by atoms with Crippen LogP contribution in [0.25, 0.3) is 0 Å². The van der Waals surface area contributed by atoms with Crippen molar-refractivity contribution in [2.75, 3.05) is 13.2 Å². The molecule has 0 aromatic rings. The number of allylic oxidation sites excluding steroid dienone is 3. The first-order chi connectivity index (χ1) is 11.1. The van der Waals surface area contributed by atoms with Crippen molar-refractivity contribution in [3.8, 4) is 0 Å². The zero-order chi connectivity index (χ0) is 16.9. The first kappa shape index (κ1) is 19.5. The number of hydrogen-bond acceptors (Lipinski definition) is 3. The van der Waals surface area contributed by atoms with Crippen molar-refractivity contribution in [3.63, 3.8) is 0 Å². The molecular formula is C20H32O3. The van der Waals surface area contributed by atoms with Crippen LogP contribution in [-0.2, 0) is 14.3 Å². The fraction of sp³-hybridized carbons (Fsp3) is 0.650. The van der Waals surface area contributed by atoms with Crippen molar-refractivity contribution >= 4 is 5.97 Å². The molecule has 0 amide bonds. The summed E-state index contributed by atoms with van der Waals surface area (Å²) in [5.41, 5.74) is 1.18. The van der Waals surface area contributed by atoms with E-state index in [2.05, 4.69) is 19.9 Å². The lowest BCUT2D eigenvalue weighted by Crippen LogP contribution is -2.04. The van der Waals surface area contributed by atoms with Gasteiger partial charge in [-0.3, -0.25) is 4.79 Å². The number of cyclic esters (lactones) is 1. The van der Waals surface area contributed by atoms with Gasteiger partial charge >= 0.3 is 5.97 Å². The van der Waals surface area contributed by atoms with Gasteiger partial charge in [-0.15, -0.1) is 0 Å². The summed E-state index contributed by atoms with van der Waals surface area (Å²) in [6.07, 6.45) is 15.7. The Hall–Kier alpha value is -1.51. The molecule has 1 rings (SSSR count). The quantitative estimate of drug-likeness (QED) is 0.344. The van der Waals surface area contributed by atoms with E-state index in [9.17, 15) is 4.79 Å². The number of carbonyl (C=O) groups is 1. The Bertz CT molecular complexity index is 432. The van der Waals surface area contributed by atoms with Crippen LogP contribution >= 0.6 is 0 Å². The molecule has 3 heteroatoms. The second kappa shape index (κ2) is 12.0. The first-order valence-corrected chi connectivity index (χ1v) is 8.97. The number of esters is 1. The van der Waals surface area contributed by atoms with Crippen LogP contribution in [-0.4, -0.2) is 19.2 Å². The second-order valence-electron chi connectivity index (χ2n) is 6.21. The molecule has 0 saturated heterocycles. The van der Waals surface area contributed by atoms with Gasteiger partial charge < -0.3 is 9.47 Å². The number of ether oxygens (including phenoxy) is 2. The lowest BCUT2D eigenvalue weighted by Gasteiger charge is -2.09. The molecule has 23 heavy (non-hydrogen) atoms. The topological polar surface area (TPSA) is 35.5 Å². The van der Waals surface area contributed by atoms with Crippen LogP contribution in [0.15, 0.2) is 35.6 Å². The molecule has 1 aliphatic rings. The Labute approximate surface area is 141 Å². The maximum atomic E-state index is 11.6. The summed E-state index contributed by atoms with van der Waals surface area (Å²) in [6, 6.07) is 0. The van der Waals surface area contributed by atoms with Gasteiger partial charge in [-0.05, 0) is 31.4 Å². The molecule has 0 aromatic heterocycles. The van der Waals surface area contributed by atoms with Gasteiger partial charge in [-0.2, -0.15) is 0 Å². The van der Waals surface area contributed by atoms with Crippen LogP contribution in [0.3, 0.4) is 0 Å². The van der Waals surface area contributed by atoms with E-state index in [0.717, 1.165) is 18.8 Å². The lowest BCUT2D eigenvalue weighted by atomic mass is 10.0. The van der Waals surface area contributed by atoms with Crippen LogP contribution < -0.4 is 0 Å². The van der Waals surface area contributed by atoms with E-state index < -0.39 is 0 Å². The molecule has 0 radical (unpaired) electrons. The van der Waals surface area contributed by atoms with Crippen molar-refractivity contribution in [1.82, 2.24) is 0 Å². The fourth-order valence-corrected chi connectivity index (χ4v) is 2.34. The average molecular weight is 320 g/mol. The van der Waals surface area contributed by atoms with Gasteiger partial charge in [0.05, 0.1) is 13.0 Å². The minimum Gasteiger partial charge on any atom is -0.494 e. The predicted octanol–water partition coefficient (Wildman–Crippen LogP) is 5.33. The monoisotopic (exact) mass is 320 g/mol. The van der Waals surface area contributed by atoms with Crippen molar-refractivity contribution in [2.24, 2.45) is 5.92 Å². The van der Waals surface area contributed by atoms with Crippen molar-refractivity contribution in [3.05, 3.63) is 35.6 Å². The summed E-state index contributed by atoms with van der Waals surface area (Å²) < 4.78 is 11.0. The van der Waals surface area contributed by atoms with Crippen LogP contribution in [0.4, 0.5) is 0 Å². The standard InChI is InChI=1S/C20H32O3/c1-4-5-6-7-8-9-15-22-19-12-10-17(2)18(3)11-13-20(21)23-16-14-19/h10-12,14,17H,4-9,13,15-16H2,1-3H3/b12-10-,18-11?,19-14+. The largest absolute Gasteiger partial charge is 0.494 e. The molecule has 0 N–H and O–H groups in total.